The maximum absolute atomic E-state index is 6.46. The van der Waals surface area contributed by atoms with Crippen LogP contribution in [0.1, 0.15) is 22.8 Å². The number of hydrogen-bond acceptors (Lipinski definition) is 2. The Kier molecular flexibility index (Phi) is 4.88. The Balaban J connectivity index is 0.00000180. The zero-order valence-electron chi connectivity index (χ0n) is 14.0. The van der Waals surface area contributed by atoms with Crippen LogP contribution in [-0.2, 0) is 0 Å². The molecule has 0 aromatic carbocycles. The summed E-state index contributed by atoms with van der Waals surface area (Å²) < 4.78 is 3.22. The molecular weight excluding hydrogens is 486 g/mol. The van der Waals surface area contributed by atoms with Crippen molar-refractivity contribution in [1.29, 1.82) is 0 Å². The van der Waals surface area contributed by atoms with Crippen molar-refractivity contribution in [3.8, 4) is 0 Å². The van der Waals surface area contributed by atoms with Gasteiger partial charge in [0.1, 0.15) is 0 Å². The Morgan fingerprint density at radius 3 is 1.04 bits per heavy atom. The largest absolute Gasteiger partial charge is 4.00 e. The Morgan fingerprint density at radius 2 is 0.778 bits per heavy atom. The smallest absolute Gasteiger partial charge is 0.254 e. The molecule has 0 saturated carbocycles. The van der Waals surface area contributed by atoms with Gasteiger partial charge in [0.25, 0.3) is 0 Å². The first-order chi connectivity index (χ1) is 12.7. The average Bonchev–Trinajstić information content (AvgIpc) is 3.39. The van der Waals surface area contributed by atoms with Crippen molar-refractivity contribution in [2.24, 2.45) is 0 Å². The molecule has 0 unspecified atom stereocenters. The van der Waals surface area contributed by atoms with Crippen LogP contribution in [0.2, 0.25) is 0 Å². The zero-order valence-corrected chi connectivity index (χ0v) is 18.3. The summed E-state index contributed by atoms with van der Waals surface area (Å²) in [5.74, 6) is 0. The summed E-state index contributed by atoms with van der Waals surface area (Å²) in [6, 6.07) is 15.6. The van der Waals surface area contributed by atoms with Gasteiger partial charge in [0.15, 0.2) is 0 Å². The normalized spacial score (nSPS) is 12.2. The minimum absolute atomic E-state index is 0. The maximum atomic E-state index is 6.46. The van der Waals surface area contributed by atoms with Gasteiger partial charge in [-0.25, -0.2) is 9.97 Å². The van der Waals surface area contributed by atoms with Gasteiger partial charge in [0.05, 0.1) is 44.8 Å². The van der Waals surface area contributed by atoms with E-state index in [-0.39, 0.29) is 23.9 Å². The summed E-state index contributed by atoms with van der Waals surface area (Å²) >= 11 is 12.9. The van der Waals surface area contributed by atoms with Crippen molar-refractivity contribution in [3.05, 3.63) is 71.3 Å². The molecule has 4 nitrogen and oxygen atoms in total. The van der Waals surface area contributed by atoms with E-state index in [9.17, 15) is 0 Å². The van der Waals surface area contributed by atoms with E-state index in [2.05, 4.69) is 9.97 Å². The van der Waals surface area contributed by atoms with Crippen LogP contribution < -0.4 is 0 Å². The minimum Gasteiger partial charge on any atom is -0.254 e. The fourth-order valence-corrected chi connectivity index (χ4v) is 3.46. The van der Waals surface area contributed by atoms with E-state index in [0.29, 0.717) is 0 Å². The van der Waals surface area contributed by atoms with Crippen molar-refractivity contribution in [3.63, 3.8) is 0 Å². The van der Waals surface area contributed by atoms with E-state index in [4.69, 9.17) is 23.6 Å². The van der Waals surface area contributed by atoms with Gasteiger partial charge in [-0.3, -0.25) is 8.17 Å². The van der Waals surface area contributed by atoms with Crippen LogP contribution in [0.25, 0.3) is 46.4 Å². The summed E-state index contributed by atoms with van der Waals surface area (Å²) in [7, 11) is 0. The topological polar surface area (TPSA) is 35.6 Å². The van der Waals surface area contributed by atoms with Crippen molar-refractivity contribution >= 4 is 93.8 Å². The van der Waals surface area contributed by atoms with Crippen molar-refractivity contribution in [2.75, 3.05) is 0 Å². The predicted octanol–water partition coefficient (Wildman–Crippen LogP) is 5.23. The molecule has 27 heavy (non-hydrogen) atoms. The summed E-state index contributed by atoms with van der Waals surface area (Å²) in [5.41, 5.74) is 6.77. The minimum atomic E-state index is 0. The third-order valence-electron chi connectivity index (χ3n) is 4.31. The maximum Gasteiger partial charge on any atom is 4.00 e. The number of halogens is 2. The molecule has 0 atom stereocenters. The molecule has 0 spiro atoms. The SMILES string of the molecule is Cln1c2ccc1cc1nc(cc3ccc(cc4nc(c2)C=C4)n3Cl)C=C1.[Sn+4]. The van der Waals surface area contributed by atoms with E-state index < -0.39 is 0 Å². The molecule has 0 fully saturated rings. The number of aromatic nitrogens is 4. The van der Waals surface area contributed by atoms with Crippen molar-refractivity contribution in [1.82, 2.24) is 18.1 Å². The standard InChI is InChI=1S/C20H12Cl2N4.Sn/c21-25-17-5-6-19(25)11-15-3-4-16(24-15)12-20-8-7-18(26(20)22)10-14-2-1-13(9-17)23-14;/h1-12H;/q;+4. The van der Waals surface area contributed by atoms with Gasteiger partial charge in [0.2, 0.25) is 0 Å². The molecule has 5 rings (SSSR count). The Bertz CT molecular complexity index is 1080. The van der Waals surface area contributed by atoms with E-state index in [1.807, 2.05) is 72.8 Å². The van der Waals surface area contributed by atoms with Crippen LogP contribution in [0.3, 0.4) is 0 Å². The molecule has 0 amide bonds. The summed E-state index contributed by atoms with van der Waals surface area (Å²) in [6.07, 6.45) is 7.82. The molecule has 2 aliphatic heterocycles. The van der Waals surface area contributed by atoms with Crippen LogP contribution >= 0.6 is 23.6 Å². The predicted molar refractivity (Wildman–Crippen MR) is 114 cm³/mol. The van der Waals surface area contributed by atoms with Crippen LogP contribution in [0.5, 0.6) is 0 Å². The molecule has 0 N–H and O–H groups in total. The Hall–Kier alpha value is -2.02. The zero-order chi connectivity index (χ0) is 17.7. The summed E-state index contributed by atoms with van der Waals surface area (Å²) in [5, 5.41) is 0. The fourth-order valence-electron chi connectivity index (χ4n) is 3.04. The van der Waals surface area contributed by atoms with Crippen LogP contribution in [-0.4, -0.2) is 42.0 Å². The Labute approximate surface area is 182 Å². The van der Waals surface area contributed by atoms with Gasteiger partial charge in [-0.15, -0.1) is 0 Å². The first-order valence-electron chi connectivity index (χ1n) is 8.08. The third kappa shape index (κ3) is 3.45. The van der Waals surface area contributed by atoms with Crippen LogP contribution in [0.4, 0.5) is 0 Å². The molecule has 3 aromatic heterocycles. The molecule has 0 aliphatic carbocycles. The van der Waals surface area contributed by atoms with Gasteiger partial charge in [-0.05, 0) is 72.8 Å². The first-order valence-corrected chi connectivity index (χ1v) is 8.76. The summed E-state index contributed by atoms with van der Waals surface area (Å²) in [4.78, 5) is 9.23. The molecule has 7 heteroatoms. The van der Waals surface area contributed by atoms with Gasteiger partial charge in [0, 0.05) is 23.6 Å². The number of hydrogen-bond donors (Lipinski definition) is 0. The summed E-state index contributed by atoms with van der Waals surface area (Å²) in [6.45, 7) is 0. The van der Waals surface area contributed by atoms with Crippen molar-refractivity contribution < 1.29 is 0 Å². The van der Waals surface area contributed by atoms with Gasteiger partial charge in [-0.2, -0.15) is 0 Å². The molecule has 3 aromatic rings. The van der Waals surface area contributed by atoms with E-state index >= 15 is 0 Å². The molecule has 0 radical (unpaired) electrons. The number of rotatable bonds is 0. The van der Waals surface area contributed by atoms with Gasteiger partial charge < -0.3 is 0 Å². The first kappa shape index (κ1) is 18.3. The quantitative estimate of drug-likeness (QED) is 0.275. The number of fused-ring (bicyclic) bond motifs is 8. The second-order valence-electron chi connectivity index (χ2n) is 6.09. The van der Waals surface area contributed by atoms with E-state index in [1.165, 1.54) is 0 Å². The van der Waals surface area contributed by atoms with Crippen LogP contribution in [0, 0.1) is 0 Å². The van der Waals surface area contributed by atoms with Gasteiger partial charge in [-0.1, -0.05) is 0 Å². The fraction of sp³-hybridized carbons (Fsp3) is 0. The van der Waals surface area contributed by atoms with Crippen molar-refractivity contribution in [2.45, 2.75) is 0 Å². The van der Waals surface area contributed by atoms with E-state index in [0.717, 1.165) is 44.8 Å². The van der Waals surface area contributed by atoms with Crippen LogP contribution in [0.15, 0.2) is 48.5 Å². The molecule has 0 saturated heterocycles. The third-order valence-corrected chi connectivity index (χ3v) is 5.09. The molecule has 126 valence electrons. The molecule has 5 heterocycles. The molecular formula is C20H12Cl2N4Sn+4. The monoisotopic (exact) mass is 498 g/mol. The Morgan fingerprint density at radius 1 is 0.519 bits per heavy atom. The average molecular weight is 498 g/mol. The number of nitrogens with zero attached hydrogens (tertiary/aromatic N) is 4. The van der Waals surface area contributed by atoms with E-state index in [1.54, 1.807) is 8.17 Å². The molecule has 8 bridgehead atoms. The van der Waals surface area contributed by atoms with Gasteiger partial charge >= 0.3 is 23.9 Å². The second kappa shape index (κ2) is 7.18. The molecule has 2 aliphatic rings. The second-order valence-corrected chi connectivity index (χ2v) is 6.77.